The minimum absolute atomic E-state index is 0.0104. The molecule has 1 aromatic carbocycles. The number of phenols is 1. The number of benzene rings is 1. The van der Waals surface area contributed by atoms with E-state index in [0.717, 1.165) is 5.56 Å². The molecule has 0 saturated heterocycles. The van der Waals surface area contributed by atoms with Crippen LogP contribution in [0.1, 0.15) is 40.4 Å². The molecular formula is C11H12O3. The second-order valence-corrected chi connectivity index (χ2v) is 3.73. The molecule has 14 heavy (non-hydrogen) atoms. The van der Waals surface area contributed by atoms with Crippen LogP contribution in [0.2, 0.25) is 0 Å². The molecule has 0 spiro atoms. The van der Waals surface area contributed by atoms with E-state index in [1.165, 1.54) is 0 Å². The first kappa shape index (κ1) is 9.21. The minimum atomic E-state index is -0.617. The molecule has 1 aliphatic carbocycles. The lowest BCUT2D eigenvalue weighted by Crippen LogP contribution is -2.15. The quantitative estimate of drug-likeness (QED) is 0.657. The van der Waals surface area contributed by atoms with Gasteiger partial charge in [0.25, 0.3) is 0 Å². The average Bonchev–Trinajstić information content (AvgIpc) is 2.10. The largest absolute Gasteiger partial charge is 0.507 e. The molecule has 0 aliphatic heterocycles. The molecule has 0 unspecified atom stereocenters. The molecule has 74 valence electrons. The third-order valence-electron chi connectivity index (χ3n) is 2.58. The van der Waals surface area contributed by atoms with Crippen LogP contribution in [-0.2, 0) is 0 Å². The average molecular weight is 192 g/mol. The van der Waals surface area contributed by atoms with Crippen molar-refractivity contribution in [2.75, 3.05) is 0 Å². The highest BCUT2D eigenvalue weighted by Gasteiger charge is 2.26. The summed E-state index contributed by atoms with van der Waals surface area (Å²) in [6.07, 6.45) is 0.146. The van der Waals surface area contributed by atoms with E-state index in [0.29, 0.717) is 24.0 Å². The van der Waals surface area contributed by atoms with Gasteiger partial charge in [0.05, 0.1) is 11.7 Å². The molecule has 1 atom stereocenters. The Morgan fingerprint density at radius 1 is 1.43 bits per heavy atom. The molecule has 1 aromatic rings. The summed E-state index contributed by atoms with van der Waals surface area (Å²) in [7, 11) is 0. The van der Waals surface area contributed by atoms with Crippen LogP contribution in [0, 0.1) is 6.92 Å². The van der Waals surface area contributed by atoms with E-state index < -0.39 is 6.10 Å². The summed E-state index contributed by atoms with van der Waals surface area (Å²) in [5.41, 5.74) is 1.73. The van der Waals surface area contributed by atoms with Crippen LogP contribution in [0.25, 0.3) is 0 Å². The maximum atomic E-state index is 11.5. The van der Waals surface area contributed by atoms with Crippen molar-refractivity contribution < 1.29 is 15.0 Å². The fraction of sp³-hybridized carbons (Fsp3) is 0.364. The molecule has 3 nitrogen and oxygen atoms in total. The predicted molar refractivity (Wildman–Crippen MR) is 51.4 cm³/mol. The highest BCUT2D eigenvalue weighted by Crippen LogP contribution is 2.35. The summed E-state index contributed by atoms with van der Waals surface area (Å²) in [6, 6.07) is 3.31. The SMILES string of the molecule is Cc1cc(O)c2c(c1)[C@H](O)CCC2=O. The van der Waals surface area contributed by atoms with Crippen LogP contribution in [0.3, 0.4) is 0 Å². The van der Waals surface area contributed by atoms with Crippen molar-refractivity contribution in [3.63, 3.8) is 0 Å². The molecule has 0 radical (unpaired) electrons. The van der Waals surface area contributed by atoms with E-state index >= 15 is 0 Å². The maximum Gasteiger partial charge on any atom is 0.167 e. The molecule has 0 aromatic heterocycles. The van der Waals surface area contributed by atoms with Crippen LogP contribution in [0.15, 0.2) is 12.1 Å². The van der Waals surface area contributed by atoms with Gasteiger partial charge >= 0.3 is 0 Å². The zero-order valence-corrected chi connectivity index (χ0v) is 7.95. The number of hydrogen-bond acceptors (Lipinski definition) is 3. The van der Waals surface area contributed by atoms with Gasteiger partial charge < -0.3 is 10.2 Å². The number of hydrogen-bond donors (Lipinski definition) is 2. The monoisotopic (exact) mass is 192 g/mol. The highest BCUT2D eigenvalue weighted by molar-refractivity contribution is 6.01. The van der Waals surface area contributed by atoms with Crippen molar-refractivity contribution in [2.24, 2.45) is 0 Å². The Balaban J connectivity index is 2.66. The van der Waals surface area contributed by atoms with E-state index in [1.54, 1.807) is 12.1 Å². The van der Waals surface area contributed by atoms with Crippen LogP contribution in [0.4, 0.5) is 0 Å². The van der Waals surface area contributed by atoms with Gasteiger partial charge in [-0.25, -0.2) is 0 Å². The van der Waals surface area contributed by atoms with Gasteiger partial charge in [0.1, 0.15) is 5.75 Å². The molecule has 0 fully saturated rings. The molecular weight excluding hydrogens is 180 g/mol. The Hall–Kier alpha value is -1.35. The zero-order chi connectivity index (χ0) is 10.3. The topological polar surface area (TPSA) is 57.5 Å². The second kappa shape index (κ2) is 3.10. The number of aliphatic hydroxyl groups excluding tert-OH is 1. The number of phenolic OH excluding ortho intramolecular Hbond substituents is 1. The van der Waals surface area contributed by atoms with Gasteiger partial charge in [-0.15, -0.1) is 0 Å². The van der Waals surface area contributed by atoms with E-state index in [9.17, 15) is 15.0 Å². The Labute approximate surface area is 82.0 Å². The first-order chi connectivity index (χ1) is 6.59. The molecule has 3 heteroatoms. The van der Waals surface area contributed by atoms with Gasteiger partial charge in [0.2, 0.25) is 0 Å². The number of ketones is 1. The number of carbonyl (C=O) groups excluding carboxylic acids is 1. The van der Waals surface area contributed by atoms with Gasteiger partial charge in [0.15, 0.2) is 5.78 Å². The Morgan fingerprint density at radius 3 is 2.86 bits per heavy atom. The van der Waals surface area contributed by atoms with Gasteiger partial charge in [-0.2, -0.15) is 0 Å². The molecule has 2 rings (SSSR count). The number of fused-ring (bicyclic) bond motifs is 1. The van der Waals surface area contributed by atoms with Gasteiger partial charge in [-0.3, -0.25) is 4.79 Å². The Bertz CT molecular complexity index is 396. The third-order valence-corrected chi connectivity index (χ3v) is 2.58. The predicted octanol–water partition coefficient (Wildman–Crippen LogP) is 1.71. The van der Waals surface area contributed by atoms with Gasteiger partial charge in [0, 0.05) is 6.42 Å². The number of carbonyl (C=O) groups is 1. The van der Waals surface area contributed by atoms with Crippen molar-refractivity contribution in [3.05, 3.63) is 28.8 Å². The van der Waals surface area contributed by atoms with Crippen LogP contribution in [-0.4, -0.2) is 16.0 Å². The molecule has 0 bridgehead atoms. The van der Waals surface area contributed by atoms with Crippen molar-refractivity contribution >= 4 is 5.78 Å². The number of rotatable bonds is 0. The Kier molecular flexibility index (Phi) is 2.04. The van der Waals surface area contributed by atoms with Gasteiger partial charge in [-0.05, 0) is 30.5 Å². The lowest BCUT2D eigenvalue weighted by molar-refractivity contribution is 0.0892. The fourth-order valence-corrected chi connectivity index (χ4v) is 1.91. The van der Waals surface area contributed by atoms with Crippen molar-refractivity contribution in [1.82, 2.24) is 0 Å². The standard InChI is InChI=1S/C11H12O3/c1-6-4-7-8(12)2-3-9(13)11(7)10(14)5-6/h4-5,8,12,14H,2-3H2,1H3/t8-/m1/s1. The summed E-state index contributed by atoms with van der Waals surface area (Å²) in [5.74, 6) is -0.0912. The summed E-state index contributed by atoms with van der Waals surface area (Å²) in [6.45, 7) is 1.83. The summed E-state index contributed by atoms with van der Waals surface area (Å²) in [4.78, 5) is 11.5. The lowest BCUT2D eigenvalue weighted by Gasteiger charge is -2.21. The van der Waals surface area contributed by atoms with Crippen LogP contribution in [0.5, 0.6) is 5.75 Å². The molecule has 1 aliphatic rings. The van der Waals surface area contributed by atoms with Crippen LogP contribution < -0.4 is 0 Å². The Morgan fingerprint density at radius 2 is 2.14 bits per heavy atom. The summed E-state index contributed by atoms with van der Waals surface area (Å²) >= 11 is 0. The minimum Gasteiger partial charge on any atom is -0.507 e. The molecule has 0 amide bonds. The number of aryl methyl sites for hydroxylation is 1. The van der Waals surface area contributed by atoms with Crippen molar-refractivity contribution in [1.29, 1.82) is 0 Å². The van der Waals surface area contributed by atoms with Gasteiger partial charge in [-0.1, -0.05) is 6.07 Å². The normalized spacial score (nSPS) is 20.7. The van der Waals surface area contributed by atoms with E-state index in [2.05, 4.69) is 0 Å². The van der Waals surface area contributed by atoms with E-state index in [4.69, 9.17) is 0 Å². The molecule has 0 heterocycles. The second-order valence-electron chi connectivity index (χ2n) is 3.73. The summed E-state index contributed by atoms with van der Waals surface area (Å²) in [5, 5.41) is 19.3. The molecule has 2 N–H and O–H groups in total. The zero-order valence-electron chi connectivity index (χ0n) is 7.95. The smallest absolute Gasteiger partial charge is 0.167 e. The maximum absolute atomic E-state index is 11.5. The van der Waals surface area contributed by atoms with E-state index in [-0.39, 0.29) is 11.5 Å². The summed E-state index contributed by atoms with van der Waals surface area (Å²) < 4.78 is 0. The highest BCUT2D eigenvalue weighted by atomic mass is 16.3. The van der Waals surface area contributed by atoms with Crippen LogP contribution >= 0.6 is 0 Å². The number of aliphatic hydroxyl groups is 1. The number of aromatic hydroxyl groups is 1. The first-order valence-electron chi connectivity index (χ1n) is 4.64. The van der Waals surface area contributed by atoms with Crippen molar-refractivity contribution in [3.8, 4) is 5.75 Å². The first-order valence-corrected chi connectivity index (χ1v) is 4.64. The van der Waals surface area contributed by atoms with Crippen molar-refractivity contribution in [2.45, 2.75) is 25.9 Å². The lowest BCUT2D eigenvalue weighted by atomic mass is 9.87. The third kappa shape index (κ3) is 1.30. The molecule has 0 saturated carbocycles. The van der Waals surface area contributed by atoms with E-state index in [1.807, 2.05) is 6.92 Å². The fourth-order valence-electron chi connectivity index (χ4n) is 1.91. The number of Topliss-reactive ketones (excluding diaryl/α,β-unsaturated/α-hetero) is 1.